The van der Waals surface area contributed by atoms with Gasteiger partial charge < -0.3 is 15.5 Å². The highest BCUT2D eigenvalue weighted by Gasteiger charge is 2.29. The molecular formula is C20H22N4O3S. The topological polar surface area (TPSA) is 81.8 Å². The van der Waals surface area contributed by atoms with Gasteiger partial charge in [-0.2, -0.15) is 0 Å². The van der Waals surface area contributed by atoms with Crippen LogP contribution < -0.4 is 15.5 Å². The molecule has 1 aromatic heterocycles. The summed E-state index contributed by atoms with van der Waals surface area (Å²) in [6, 6.07) is 10.8. The molecule has 2 aromatic rings. The van der Waals surface area contributed by atoms with Gasteiger partial charge in [0.15, 0.2) is 0 Å². The van der Waals surface area contributed by atoms with Crippen molar-refractivity contribution >= 4 is 40.6 Å². The Kier molecular flexibility index (Phi) is 5.29. The van der Waals surface area contributed by atoms with E-state index in [9.17, 15) is 14.4 Å². The van der Waals surface area contributed by atoms with Crippen LogP contribution in [0.25, 0.3) is 0 Å². The number of nitrogens with one attached hydrogen (secondary N) is 2. The molecule has 4 rings (SSSR count). The lowest BCUT2D eigenvalue weighted by Gasteiger charge is -2.31. The van der Waals surface area contributed by atoms with Gasteiger partial charge >= 0.3 is 6.03 Å². The zero-order valence-corrected chi connectivity index (χ0v) is 16.2. The molecule has 0 bridgehead atoms. The van der Waals surface area contributed by atoms with E-state index in [1.54, 1.807) is 15.9 Å². The van der Waals surface area contributed by atoms with Crippen LogP contribution in [0.2, 0.25) is 0 Å². The van der Waals surface area contributed by atoms with Crippen LogP contribution in [0.3, 0.4) is 0 Å². The normalized spacial score (nSPS) is 19.4. The SMILES string of the molecule is O=C(Nc1cccc(N2CCNC2=O)c1)C1CCCN(C(=O)c2cccs2)C1. The molecule has 2 saturated heterocycles. The van der Waals surface area contributed by atoms with Crippen molar-refractivity contribution in [2.45, 2.75) is 12.8 Å². The number of thiophene rings is 1. The quantitative estimate of drug-likeness (QED) is 0.831. The third-order valence-corrected chi connectivity index (χ3v) is 5.95. The van der Waals surface area contributed by atoms with Crippen LogP contribution in [0.4, 0.5) is 16.2 Å². The number of piperidine rings is 1. The summed E-state index contributed by atoms with van der Waals surface area (Å²) in [4.78, 5) is 41.3. The van der Waals surface area contributed by atoms with Crippen molar-refractivity contribution in [3.63, 3.8) is 0 Å². The number of anilines is 2. The van der Waals surface area contributed by atoms with E-state index in [4.69, 9.17) is 0 Å². The van der Waals surface area contributed by atoms with Crippen LogP contribution in [0.15, 0.2) is 41.8 Å². The average Bonchev–Trinajstić information content (AvgIpc) is 3.39. The van der Waals surface area contributed by atoms with E-state index >= 15 is 0 Å². The Bertz CT molecular complexity index is 883. The van der Waals surface area contributed by atoms with Gasteiger partial charge in [0.05, 0.1) is 10.8 Å². The maximum absolute atomic E-state index is 12.8. The molecule has 1 atom stereocenters. The van der Waals surface area contributed by atoms with Crippen LogP contribution in [-0.4, -0.2) is 48.9 Å². The van der Waals surface area contributed by atoms with Gasteiger partial charge in [-0.25, -0.2) is 4.79 Å². The Morgan fingerprint density at radius 1 is 1.18 bits per heavy atom. The number of nitrogens with zero attached hydrogens (tertiary/aromatic N) is 2. The molecule has 4 amide bonds. The van der Waals surface area contributed by atoms with Crippen LogP contribution in [0.1, 0.15) is 22.5 Å². The predicted octanol–water partition coefficient (Wildman–Crippen LogP) is 2.77. The lowest BCUT2D eigenvalue weighted by Crippen LogP contribution is -2.43. The summed E-state index contributed by atoms with van der Waals surface area (Å²) in [7, 11) is 0. The molecule has 2 aliphatic heterocycles. The molecule has 28 heavy (non-hydrogen) atoms. The average molecular weight is 398 g/mol. The van der Waals surface area contributed by atoms with Crippen molar-refractivity contribution in [3.8, 4) is 0 Å². The number of hydrogen-bond acceptors (Lipinski definition) is 4. The second kappa shape index (κ2) is 8.02. The summed E-state index contributed by atoms with van der Waals surface area (Å²) in [5.74, 6) is -0.336. The Morgan fingerprint density at radius 3 is 2.82 bits per heavy atom. The summed E-state index contributed by atoms with van der Waals surface area (Å²) >= 11 is 1.42. The Balaban J connectivity index is 1.41. The fraction of sp³-hybridized carbons (Fsp3) is 0.350. The highest BCUT2D eigenvalue weighted by atomic mass is 32.1. The molecule has 146 valence electrons. The number of carbonyl (C=O) groups excluding carboxylic acids is 3. The number of hydrogen-bond donors (Lipinski definition) is 2. The highest BCUT2D eigenvalue weighted by molar-refractivity contribution is 7.12. The van der Waals surface area contributed by atoms with E-state index in [0.717, 1.165) is 18.5 Å². The highest BCUT2D eigenvalue weighted by Crippen LogP contribution is 2.24. The molecule has 1 aromatic carbocycles. The zero-order chi connectivity index (χ0) is 19.5. The predicted molar refractivity (Wildman–Crippen MR) is 109 cm³/mol. The van der Waals surface area contributed by atoms with Gasteiger partial charge in [-0.3, -0.25) is 14.5 Å². The first-order valence-corrected chi connectivity index (χ1v) is 10.3. The van der Waals surface area contributed by atoms with Crippen molar-refractivity contribution in [1.29, 1.82) is 0 Å². The zero-order valence-electron chi connectivity index (χ0n) is 15.4. The Labute approximate surface area is 167 Å². The fourth-order valence-corrected chi connectivity index (χ4v) is 4.34. The lowest BCUT2D eigenvalue weighted by atomic mass is 9.97. The van der Waals surface area contributed by atoms with Crippen molar-refractivity contribution in [3.05, 3.63) is 46.7 Å². The number of carbonyl (C=O) groups is 3. The maximum Gasteiger partial charge on any atom is 0.321 e. The third-order valence-electron chi connectivity index (χ3n) is 5.09. The van der Waals surface area contributed by atoms with E-state index in [1.807, 2.05) is 35.7 Å². The summed E-state index contributed by atoms with van der Waals surface area (Å²) in [5, 5.41) is 7.61. The van der Waals surface area contributed by atoms with Crippen LogP contribution in [-0.2, 0) is 4.79 Å². The van der Waals surface area contributed by atoms with Crippen LogP contribution >= 0.6 is 11.3 Å². The fourth-order valence-electron chi connectivity index (χ4n) is 3.65. The van der Waals surface area contributed by atoms with Gasteiger partial charge in [0.2, 0.25) is 5.91 Å². The molecule has 0 spiro atoms. The number of likely N-dealkylation sites (tertiary alicyclic amines) is 1. The van der Waals surface area contributed by atoms with E-state index < -0.39 is 0 Å². The Morgan fingerprint density at radius 2 is 2.07 bits per heavy atom. The molecule has 7 nitrogen and oxygen atoms in total. The van der Waals surface area contributed by atoms with Crippen molar-refractivity contribution < 1.29 is 14.4 Å². The van der Waals surface area contributed by atoms with Gasteiger partial charge in [-0.1, -0.05) is 12.1 Å². The van der Waals surface area contributed by atoms with E-state index in [2.05, 4.69) is 10.6 Å². The van der Waals surface area contributed by atoms with Crippen molar-refractivity contribution in [2.24, 2.45) is 5.92 Å². The summed E-state index contributed by atoms with van der Waals surface area (Å²) in [5.41, 5.74) is 1.41. The molecule has 2 fully saturated rings. The first-order chi connectivity index (χ1) is 13.6. The molecule has 0 saturated carbocycles. The minimum Gasteiger partial charge on any atom is -0.337 e. The van der Waals surface area contributed by atoms with Crippen molar-refractivity contribution in [1.82, 2.24) is 10.2 Å². The van der Waals surface area contributed by atoms with Gasteiger partial charge in [-0.05, 0) is 42.5 Å². The minimum absolute atomic E-state index is 0.00505. The minimum atomic E-state index is -0.239. The molecule has 0 aliphatic carbocycles. The second-order valence-electron chi connectivity index (χ2n) is 6.99. The third kappa shape index (κ3) is 3.87. The Hall–Kier alpha value is -2.87. The molecule has 8 heteroatoms. The van der Waals surface area contributed by atoms with Gasteiger partial charge in [0.1, 0.15) is 0 Å². The standard InChI is InChI=1S/C20H22N4O3S/c25-18(14-4-2-9-23(13-14)19(26)17-7-3-11-28-17)22-15-5-1-6-16(12-15)24-10-8-21-20(24)27/h1,3,5-7,11-12,14H,2,4,8-10,13H2,(H,21,27)(H,22,25). The van der Waals surface area contributed by atoms with Crippen LogP contribution in [0.5, 0.6) is 0 Å². The van der Waals surface area contributed by atoms with Gasteiger partial charge in [0.25, 0.3) is 5.91 Å². The second-order valence-corrected chi connectivity index (χ2v) is 7.94. The lowest BCUT2D eigenvalue weighted by molar-refractivity contribution is -0.121. The van der Waals surface area contributed by atoms with Crippen LogP contribution in [0, 0.1) is 5.92 Å². The summed E-state index contributed by atoms with van der Waals surface area (Å²) in [6.07, 6.45) is 1.57. The van der Waals surface area contributed by atoms with E-state index in [-0.39, 0.29) is 23.8 Å². The van der Waals surface area contributed by atoms with Gasteiger partial charge in [0, 0.05) is 37.6 Å². The number of amides is 4. The van der Waals surface area contributed by atoms with E-state index in [1.165, 1.54) is 11.3 Å². The largest absolute Gasteiger partial charge is 0.337 e. The molecule has 0 radical (unpaired) electrons. The molecule has 2 aliphatic rings. The summed E-state index contributed by atoms with van der Waals surface area (Å²) in [6.45, 7) is 2.33. The molecule has 1 unspecified atom stereocenters. The molecule has 3 heterocycles. The number of rotatable bonds is 4. The van der Waals surface area contributed by atoms with Gasteiger partial charge in [-0.15, -0.1) is 11.3 Å². The summed E-state index contributed by atoms with van der Waals surface area (Å²) < 4.78 is 0. The number of urea groups is 1. The maximum atomic E-state index is 12.8. The first-order valence-electron chi connectivity index (χ1n) is 9.41. The monoisotopic (exact) mass is 398 g/mol. The van der Waals surface area contributed by atoms with E-state index in [0.29, 0.717) is 36.7 Å². The number of benzene rings is 1. The van der Waals surface area contributed by atoms with Crippen molar-refractivity contribution in [2.75, 3.05) is 36.4 Å². The smallest absolute Gasteiger partial charge is 0.321 e. The molecule has 2 N–H and O–H groups in total. The molecular weight excluding hydrogens is 376 g/mol. The first kappa shape index (κ1) is 18.5.